The lowest BCUT2D eigenvalue weighted by Crippen LogP contribution is -2.26. The first-order valence-corrected chi connectivity index (χ1v) is 8.35. The molecule has 5 heteroatoms. The summed E-state index contributed by atoms with van der Waals surface area (Å²) in [6.45, 7) is 8.57. The van der Waals surface area contributed by atoms with Crippen molar-refractivity contribution in [3.8, 4) is 0 Å². The van der Waals surface area contributed by atoms with Crippen molar-refractivity contribution in [2.24, 2.45) is 0 Å². The fraction of sp³-hybridized carbons (Fsp3) is 0.611. The van der Waals surface area contributed by atoms with Crippen molar-refractivity contribution in [3.63, 3.8) is 0 Å². The van der Waals surface area contributed by atoms with Crippen LogP contribution in [0.3, 0.4) is 0 Å². The van der Waals surface area contributed by atoms with Gasteiger partial charge in [-0.05, 0) is 51.8 Å². The maximum Gasteiger partial charge on any atom is 0.141 e. The van der Waals surface area contributed by atoms with E-state index in [1.165, 1.54) is 0 Å². The van der Waals surface area contributed by atoms with Gasteiger partial charge in [0.1, 0.15) is 11.4 Å². The Morgan fingerprint density at radius 2 is 2.04 bits per heavy atom. The predicted octanol–water partition coefficient (Wildman–Crippen LogP) is 3.78. The van der Waals surface area contributed by atoms with E-state index in [1.54, 1.807) is 7.11 Å². The molecule has 0 unspecified atom stereocenters. The van der Waals surface area contributed by atoms with Gasteiger partial charge >= 0.3 is 0 Å². The van der Waals surface area contributed by atoms with Gasteiger partial charge in [-0.3, -0.25) is 0 Å². The summed E-state index contributed by atoms with van der Waals surface area (Å²) in [5.74, 6) is 0.986. The van der Waals surface area contributed by atoms with E-state index in [0.29, 0.717) is 6.61 Å². The normalized spacial score (nSPS) is 12.0. The van der Waals surface area contributed by atoms with Crippen LogP contribution in [0.5, 0.6) is 0 Å². The van der Waals surface area contributed by atoms with Crippen molar-refractivity contribution in [1.29, 1.82) is 0 Å². The van der Waals surface area contributed by atoms with Crippen LogP contribution in [-0.4, -0.2) is 36.9 Å². The van der Waals surface area contributed by atoms with Gasteiger partial charge < -0.3 is 19.4 Å². The van der Waals surface area contributed by atoms with Crippen LogP contribution in [-0.2, 0) is 21.6 Å². The number of imidazole rings is 1. The summed E-state index contributed by atoms with van der Waals surface area (Å²) in [5.41, 5.74) is 2.83. The Hall–Kier alpha value is -1.59. The number of nitrogens with zero attached hydrogens (tertiary/aromatic N) is 2. The number of aromatic nitrogens is 2. The third kappa shape index (κ3) is 4.03. The second kappa shape index (κ2) is 7.79. The van der Waals surface area contributed by atoms with Crippen LogP contribution in [0.4, 0.5) is 5.69 Å². The third-order valence-corrected chi connectivity index (χ3v) is 4.06. The molecule has 2 rings (SSSR count). The second-order valence-electron chi connectivity index (χ2n) is 6.18. The molecule has 0 radical (unpaired) electrons. The number of aryl methyl sites for hydroxylation is 1. The molecule has 0 fully saturated rings. The molecule has 2 aromatic rings. The van der Waals surface area contributed by atoms with E-state index in [9.17, 15) is 0 Å². The molecule has 0 atom stereocenters. The van der Waals surface area contributed by atoms with E-state index < -0.39 is 5.60 Å². The van der Waals surface area contributed by atoms with Crippen molar-refractivity contribution < 1.29 is 9.47 Å². The highest BCUT2D eigenvalue weighted by Crippen LogP contribution is 2.29. The van der Waals surface area contributed by atoms with E-state index in [-0.39, 0.29) is 0 Å². The number of unbranched alkanes of at least 4 members (excludes halogenated alkanes) is 1. The smallest absolute Gasteiger partial charge is 0.141 e. The van der Waals surface area contributed by atoms with E-state index in [2.05, 4.69) is 41.9 Å². The molecule has 0 aliphatic heterocycles. The highest BCUT2D eigenvalue weighted by molar-refractivity contribution is 5.80. The quantitative estimate of drug-likeness (QED) is 0.715. The summed E-state index contributed by atoms with van der Waals surface area (Å²) in [4.78, 5) is 4.88. The Bertz CT molecular complexity index is 634. The molecule has 0 aliphatic rings. The molecule has 1 heterocycles. The van der Waals surface area contributed by atoms with Crippen LogP contribution in [0.25, 0.3) is 11.0 Å². The van der Waals surface area contributed by atoms with Gasteiger partial charge in [0, 0.05) is 39.6 Å². The molecule has 128 valence electrons. The molecule has 1 aromatic heterocycles. The zero-order valence-corrected chi connectivity index (χ0v) is 15.0. The Labute approximate surface area is 139 Å². The summed E-state index contributed by atoms with van der Waals surface area (Å²) in [5, 5.41) is 3.17. The molecular formula is C18H29N3O2. The van der Waals surface area contributed by atoms with Crippen molar-refractivity contribution in [3.05, 3.63) is 24.0 Å². The zero-order chi connectivity index (χ0) is 16.9. The molecule has 1 aromatic carbocycles. The molecule has 23 heavy (non-hydrogen) atoms. The van der Waals surface area contributed by atoms with Crippen molar-refractivity contribution >= 4 is 16.7 Å². The lowest BCUT2D eigenvalue weighted by Gasteiger charge is -2.25. The molecule has 5 nitrogen and oxygen atoms in total. The maximum absolute atomic E-state index is 5.95. The summed E-state index contributed by atoms with van der Waals surface area (Å²) in [6.07, 6.45) is 2.10. The lowest BCUT2D eigenvalue weighted by atomic mass is 10.1. The third-order valence-electron chi connectivity index (χ3n) is 4.06. The highest BCUT2D eigenvalue weighted by atomic mass is 16.5. The van der Waals surface area contributed by atoms with E-state index in [0.717, 1.165) is 48.5 Å². The Morgan fingerprint density at radius 1 is 1.26 bits per heavy atom. The monoisotopic (exact) mass is 319 g/mol. The largest absolute Gasteiger partial charge is 0.388 e. The van der Waals surface area contributed by atoms with Gasteiger partial charge in [-0.1, -0.05) is 0 Å². The molecule has 0 spiro atoms. The van der Waals surface area contributed by atoms with Crippen LogP contribution in [0, 0.1) is 0 Å². The number of nitrogens with one attached hydrogen (secondary N) is 1. The minimum atomic E-state index is -0.408. The number of benzene rings is 1. The number of hydrogen-bond acceptors (Lipinski definition) is 4. The molecule has 1 N–H and O–H groups in total. The second-order valence-corrected chi connectivity index (χ2v) is 6.18. The number of rotatable bonds is 9. The van der Waals surface area contributed by atoms with Gasteiger partial charge in [-0.25, -0.2) is 4.98 Å². The summed E-state index contributed by atoms with van der Waals surface area (Å²) in [6, 6.07) is 6.32. The maximum atomic E-state index is 5.95. The predicted molar refractivity (Wildman–Crippen MR) is 95.0 cm³/mol. The fourth-order valence-electron chi connectivity index (χ4n) is 2.91. The molecule has 0 aliphatic carbocycles. The topological polar surface area (TPSA) is 48.3 Å². The van der Waals surface area contributed by atoms with Gasteiger partial charge in [0.05, 0.1) is 11.0 Å². The van der Waals surface area contributed by atoms with Crippen LogP contribution >= 0.6 is 0 Å². The van der Waals surface area contributed by atoms with Crippen molar-refractivity contribution in [2.45, 2.75) is 45.8 Å². The molecular weight excluding hydrogens is 290 g/mol. The van der Waals surface area contributed by atoms with Gasteiger partial charge in [-0.15, -0.1) is 0 Å². The highest BCUT2D eigenvalue weighted by Gasteiger charge is 2.28. The van der Waals surface area contributed by atoms with Crippen LogP contribution in [0.15, 0.2) is 18.2 Å². The minimum Gasteiger partial charge on any atom is -0.388 e. The average Bonchev–Trinajstić information content (AvgIpc) is 2.90. The number of hydrogen-bond donors (Lipinski definition) is 1. The standard InChI is InChI=1S/C18H29N3O2/c1-6-23-18(2,3)17-20-15-13-14(19-4)9-10-16(15)21(17)11-7-8-12-22-5/h9-10,13,19H,6-8,11-12H2,1-5H3. The number of fused-ring (bicyclic) bond motifs is 1. The first-order chi connectivity index (χ1) is 11.0. The molecule has 0 saturated carbocycles. The van der Waals surface area contributed by atoms with E-state index in [1.807, 2.05) is 14.0 Å². The van der Waals surface area contributed by atoms with Gasteiger partial charge in [0.15, 0.2) is 0 Å². The van der Waals surface area contributed by atoms with E-state index >= 15 is 0 Å². The minimum absolute atomic E-state index is 0.408. The molecule has 0 amide bonds. The lowest BCUT2D eigenvalue weighted by molar-refractivity contribution is -0.0230. The molecule has 0 saturated heterocycles. The zero-order valence-electron chi connectivity index (χ0n) is 15.0. The Balaban J connectivity index is 2.41. The fourth-order valence-corrected chi connectivity index (χ4v) is 2.91. The number of methoxy groups -OCH3 is 1. The van der Waals surface area contributed by atoms with Crippen LogP contribution in [0.2, 0.25) is 0 Å². The summed E-state index contributed by atoms with van der Waals surface area (Å²) < 4.78 is 13.4. The Kier molecular flexibility index (Phi) is 6.02. The summed E-state index contributed by atoms with van der Waals surface area (Å²) >= 11 is 0. The SMILES string of the molecule is CCOC(C)(C)c1nc2cc(NC)ccc2n1CCCCOC. The van der Waals surface area contributed by atoms with Crippen LogP contribution < -0.4 is 5.32 Å². The van der Waals surface area contributed by atoms with Crippen LogP contribution in [0.1, 0.15) is 39.4 Å². The molecule has 0 bridgehead atoms. The van der Waals surface area contributed by atoms with Crippen molar-refractivity contribution in [1.82, 2.24) is 9.55 Å². The first kappa shape index (κ1) is 17.8. The first-order valence-electron chi connectivity index (χ1n) is 8.35. The van der Waals surface area contributed by atoms with Crippen molar-refractivity contribution in [2.75, 3.05) is 32.7 Å². The van der Waals surface area contributed by atoms with Gasteiger partial charge in [0.2, 0.25) is 0 Å². The number of anilines is 1. The van der Waals surface area contributed by atoms with E-state index in [4.69, 9.17) is 14.5 Å². The summed E-state index contributed by atoms with van der Waals surface area (Å²) in [7, 11) is 3.67. The average molecular weight is 319 g/mol. The van der Waals surface area contributed by atoms with Gasteiger partial charge in [0.25, 0.3) is 0 Å². The number of ether oxygens (including phenoxy) is 2. The van der Waals surface area contributed by atoms with Gasteiger partial charge in [-0.2, -0.15) is 0 Å². The Morgan fingerprint density at radius 3 is 2.70 bits per heavy atom.